The number of aliphatic imine (C=N–C) groups is 2. The minimum Gasteiger partial charge on any atom is -0.508 e. The van der Waals surface area contributed by atoms with Crippen LogP contribution in [0.2, 0.25) is 0 Å². The van der Waals surface area contributed by atoms with Gasteiger partial charge in [-0.2, -0.15) is 0 Å². The number of carbonyl (C=O) groups excluding carboxylic acids is 8. The van der Waals surface area contributed by atoms with Gasteiger partial charge in [-0.15, -0.1) is 0 Å². The molecule has 0 aliphatic heterocycles. The molecule has 0 unspecified atom stereocenters. The molecule has 32 heteroatoms. The van der Waals surface area contributed by atoms with E-state index in [0.29, 0.717) is 0 Å². The number of amides is 8. The number of hydrogen-bond donors (Lipinski definition) is 19. The largest absolute Gasteiger partial charge is 0.508 e. The molecule has 80 heavy (non-hydrogen) atoms. The van der Waals surface area contributed by atoms with Gasteiger partial charge in [0.25, 0.3) is 0 Å². The first-order valence-corrected chi connectivity index (χ1v) is 25.4. The van der Waals surface area contributed by atoms with Crippen LogP contribution in [0.4, 0.5) is 0 Å². The monoisotopic (exact) mass is 1140 g/mol. The van der Waals surface area contributed by atoms with Crippen LogP contribution in [0, 0.1) is 11.8 Å². The molecule has 32 nitrogen and oxygen atoms in total. The third kappa shape index (κ3) is 27.3. The number of nitrogens with one attached hydrogen (secondary N) is 8. The highest BCUT2D eigenvalue weighted by Gasteiger charge is 2.37. The summed E-state index contributed by atoms with van der Waals surface area (Å²) >= 11 is 0. The van der Waals surface area contributed by atoms with Crippen molar-refractivity contribution in [2.75, 3.05) is 19.7 Å². The number of carboxylic acid groups (broad SMARTS) is 3. The Morgan fingerprint density at radius 1 is 0.500 bits per heavy atom. The molecule has 448 valence electrons. The first kappa shape index (κ1) is 69.6. The van der Waals surface area contributed by atoms with Crippen LogP contribution in [0.5, 0.6) is 5.75 Å². The van der Waals surface area contributed by atoms with Crippen LogP contribution in [-0.4, -0.2) is 188 Å². The van der Waals surface area contributed by atoms with Gasteiger partial charge in [0.2, 0.25) is 47.3 Å². The van der Waals surface area contributed by atoms with Crippen molar-refractivity contribution < 1.29 is 83.4 Å². The summed E-state index contributed by atoms with van der Waals surface area (Å²) < 4.78 is 0. The quantitative estimate of drug-likeness (QED) is 0.0167. The van der Waals surface area contributed by atoms with Crippen molar-refractivity contribution in [2.24, 2.45) is 50.5 Å². The molecule has 0 radical (unpaired) electrons. The molecule has 1 aromatic rings. The van der Waals surface area contributed by atoms with Crippen LogP contribution in [0.3, 0.4) is 0 Å². The molecule has 0 heterocycles. The van der Waals surface area contributed by atoms with E-state index in [1.165, 1.54) is 24.3 Å². The molecule has 0 aromatic heterocycles. The number of aliphatic hydroxyl groups excluding tert-OH is 2. The van der Waals surface area contributed by atoms with Gasteiger partial charge in [-0.25, -0.2) is 4.79 Å². The Morgan fingerprint density at radius 2 is 0.875 bits per heavy atom. The lowest BCUT2D eigenvalue weighted by atomic mass is 10.0. The number of phenolic OH excluding ortho intramolecular Hbond substituents is 1. The van der Waals surface area contributed by atoms with Crippen molar-refractivity contribution in [3.63, 3.8) is 0 Å². The first-order chi connectivity index (χ1) is 37.3. The van der Waals surface area contributed by atoms with E-state index in [-0.39, 0.29) is 86.7 Å². The highest BCUT2D eigenvalue weighted by atomic mass is 16.4. The van der Waals surface area contributed by atoms with E-state index < -0.39 is 152 Å². The smallest absolute Gasteiger partial charge is 0.326 e. The van der Waals surface area contributed by atoms with Gasteiger partial charge < -0.3 is 102 Å². The second kappa shape index (κ2) is 35.2. The summed E-state index contributed by atoms with van der Waals surface area (Å²) in [7, 11) is 0. The molecule has 10 atom stereocenters. The molecular weight excluding hydrogens is 1060 g/mol. The van der Waals surface area contributed by atoms with Gasteiger partial charge in [-0.1, -0.05) is 39.8 Å². The molecule has 0 bridgehead atoms. The third-order valence-electron chi connectivity index (χ3n) is 11.5. The predicted octanol–water partition coefficient (Wildman–Crippen LogP) is -6.25. The van der Waals surface area contributed by atoms with E-state index in [2.05, 4.69) is 52.5 Å². The van der Waals surface area contributed by atoms with Crippen molar-refractivity contribution in [3.05, 3.63) is 29.8 Å². The standard InChI is InChI=1S/C48H79N15O17/c1-22(2)16-29(39(72)56-28(46(79)80)9-7-15-55-48(52)53)58-44(77)34(21-64)62-40(73)30(17-23(3)4)61-45(78)37(24(5)65)63-43(76)33(20-36(69)70)60-41(74)31(18-25-10-12-26(66)13-11-25)59-42(75)32(19-35(67)68)57-38(71)27(49)8-6-14-54-47(50)51/h10-13,22-24,27-34,37,64-66H,6-9,14-21,49H2,1-5H3,(H,56,72)(H,57,71)(H,58,77)(H,59,75)(H,60,74)(H,61,78)(H,62,73)(H,63,76)(H,67,68)(H,69,70)(H,79,80)(H4,50,51,54)(H4,52,53,55)/t24-,27+,28+,29+,30+,31+,32+,33+,34+,37+/m1/s1. The number of aliphatic carboxylic acids is 3. The molecule has 0 aliphatic carbocycles. The Labute approximate surface area is 460 Å². The van der Waals surface area contributed by atoms with Crippen LogP contribution < -0.4 is 71.2 Å². The van der Waals surface area contributed by atoms with Gasteiger partial charge in [0.1, 0.15) is 54.1 Å². The average molecular weight is 1140 g/mol. The fraction of sp³-hybridized carbons (Fsp3) is 0.604. The maximum atomic E-state index is 14.1. The number of benzene rings is 1. The van der Waals surface area contributed by atoms with Gasteiger partial charge in [0, 0.05) is 19.5 Å². The molecule has 24 N–H and O–H groups in total. The number of aromatic hydroxyl groups is 1. The van der Waals surface area contributed by atoms with Crippen molar-refractivity contribution in [2.45, 2.75) is 153 Å². The van der Waals surface area contributed by atoms with Crippen LogP contribution in [0.1, 0.15) is 91.5 Å². The fourth-order valence-electron chi connectivity index (χ4n) is 7.42. The number of phenols is 1. The number of guanidine groups is 2. The first-order valence-electron chi connectivity index (χ1n) is 25.4. The Hall–Kier alpha value is -8.39. The molecular formula is C48H79N15O17. The number of carbonyl (C=O) groups is 11. The van der Waals surface area contributed by atoms with E-state index >= 15 is 0 Å². The molecule has 0 saturated carbocycles. The lowest BCUT2D eigenvalue weighted by molar-refractivity contribution is -0.143. The lowest BCUT2D eigenvalue weighted by Gasteiger charge is -2.29. The second-order valence-corrected chi connectivity index (χ2v) is 19.5. The maximum Gasteiger partial charge on any atom is 0.326 e. The molecule has 0 fully saturated rings. The summed E-state index contributed by atoms with van der Waals surface area (Å²) in [6.45, 7) is 6.87. The van der Waals surface area contributed by atoms with Crippen LogP contribution in [0.15, 0.2) is 34.3 Å². The second-order valence-electron chi connectivity index (χ2n) is 19.5. The Balaban J connectivity index is 3.44. The highest BCUT2D eigenvalue weighted by molar-refractivity contribution is 5.99. The zero-order valence-electron chi connectivity index (χ0n) is 45.2. The summed E-state index contributed by atoms with van der Waals surface area (Å²) in [5.74, 6) is -15.0. The summed E-state index contributed by atoms with van der Waals surface area (Å²) in [6, 6.07) is -9.93. The van der Waals surface area contributed by atoms with Gasteiger partial charge in [-0.05, 0) is 75.0 Å². The summed E-state index contributed by atoms with van der Waals surface area (Å²) in [4.78, 5) is 153. The van der Waals surface area contributed by atoms with E-state index in [4.69, 9.17) is 28.7 Å². The van der Waals surface area contributed by atoms with Crippen molar-refractivity contribution in [3.8, 4) is 5.75 Å². The normalized spacial score (nSPS) is 14.8. The molecule has 0 aliphatic rings. The van der Waals surface area contributed by atoms with E-state index in [9.17, 15) is 83.4 Å². The minimum atomic E-state index is -2.08. The zero-order valence-corrected chi connectivity index (χ0v) is 45.2. The SMILES string of the molecule is CC(C)C[C@H](NC(=O)[C@H](CO)NC(=O)[C@H](CC(C)C)NC(=O)[C@@H](NC(=O)[C@H](CC(=O)O)NC(=O)[C@H](Cc1ccc(O)cc1)NC(=O)[C@H](CC(=O)O)NC(=O)[C@@H](N)CCCN=C(N)N)[C@@H](C)O)C(=O)N[C@@H](CCCN=C(N)N)C(=O)O. The lowest BCUT2D eigenvalue weighted by Crippen LogP contribution is -2.62. The van der Waals surface area contributed by atoms with Crippen LogP contribution >= 0.6 is 0 Å². The summed E-state index contributed by atoms with van der Waals surface area (Å²) in [5.41, 5.74) is 27.4. The van der Waals surface area contributed by atoms with Gasteiger partial charge >= 0.3 is 17.9 Å². The van der Waals surface area contributed by atoms with Crippen LogP contribution in [0.25, 0.3) is 0 Å². The molecule has 8 amide bonds. The predicted molar refractivity (Wildman–Crippen MR) is 285 cm³/mol. The van der Waals surface area contributed by atoms with Gasteiger partial charge in [0.15, 0.2) is 11.9 Å². The van der Waals surface area contributed by atoms with E-state index in [1.807, 2.05) is 0 Å². The minimum absolute atomic E-state index is 0.00376. The number of carboxylic acids is 3. The summed E-state index contributed by atoms with van der Waals surface area (Å²) in [6.07, 6.45) is -4.32. The number of rotatable bonds is 37. The van der Waals surface area contributed by atoms with Gasteiger partial charge in [0.05, 0.1) is 31.6 Å². The number of hydrogen-bond acceptors (Lipinski definition) is 17. The number of nitrogens with two attached hydrogens (primary N) is 5. The van der Waals surface area contributed by atoms with Crippen molar-refractivity contribution in [1.29, 1.82) is 0 Å². The summed E-state index contributed by atoms with van der Waals surface area (Å²) in [5, 5.41) is 78.3. The number of nitrogens with zero attached hydrogens (tertiary/aromatic N) is 2. The Bertz CT molecular complexity index is 2340. The van der Waals surface area contributed by atoms with Crippen molar-refractivity contribution >= 4 is 77.1 Å². The maximum absolute atomic E-state index is 14.1. The third-order valence-corrected chi connectivity index (χ3v) is 11.5. The zero-order chi connectivity index (χ0) is 61.0. The fourth-order valence-corrected chi connectivity index (χ4v) is 7.42. The Kier molecular flexibility index (Phi) is 30.6. The highest BCUT2D eigenvalue weighted by Crippen LogP contribution is 2.14. The Morgan fingerprint density at radius 3 is 1.31 bits per heavy atom. The molecule has 0 spiro atoms. The van der Waals surface area contributed by atoms with Crippen LogP contribution in [-0.2, 0) is 59.2 Å². The molecule has 1 rings (SSSR count). The average Bonchev–Trinajstić information content (AvgIpc) is 3.35. The molecule has 1 aromatic carbocycles. The van der Waals surface area contributed by atoms with Gasteiger partial charge in [-0.3, -0.25) is 57.9 Å². The number of aliphatic hydroxyl groups is 2. The van der Waals surface area contributed by atoms with E-state index in [1.54, 1.807) is 27.7 Å². The molecule has 0 saturated heterocycles. The van der Waals surface area contributed by atoms with Crippen molar-refractivity contribution in [1.82, 2.24) is 42.5 Å². The van der Waals surface area contributed by atoms with E-state index in [0.717, 1.165) is 6.92 Å². The topological polar surface area (TPSA) is 560 Å².